The molecule has 0 aliphatic carbocycles. The second-order valence-electron chi connectivity index (χ2n) is 5.14. The second-order valence-corrected chi connectivity index (χ2v) is 5.14. The van der Waals surface area contributed by atoms with Crippen molar-refractivity contribution in [1.29, 1.82) is 5.26 Å². The fourth-order valence-corrected chi connectivity index (χ4v) is 1.99. The Hall–Kier alpha value is -4.19. The van der Waals surface area contributed by atoms with E-state index in [9.17, 15) is 19.7 Å². The fraction of sp³-hybridized carbons (Fsp3) is 0.0556. The summed E-state index contributed by atoms with van der Waals surface area (Å²) in [5, 5.41) is 25.0. The summed E-state index contributed by atoms with van der Waals surface area (Å²) in [6, 6.07) is 13.2. The third-order valence-corrected chi connectivity index (χ3v) is 3.39. The highest BCUT2D eigenvalue weighted by molar-refractivity contribution is 6.06. The number of rotatable bonds is 6. The van der Waals surface area contributed by atoms with Crippen LogP contribution in [0.5, 0.6) is 0 Å². The van der Waals surface area contributed by atoms with E-state index in [0.29, 0.717) is 16.9 Å². The number of ether oxygens (including phenoxy) is 1. The number of nitro groups is 1. The van der Waals surface area contributed by atoms with E-state index in [2.05, 4.69) is 15.4 Å². The van der Waals surface area contributed by atoms with Gasteiger partial charge in [-0.1, -0.05) is 0 Å². The van der Waals surface area contributed by atoms with Crippen LogP contribution in [0.15, 0.2) is 60.3 Å². The van der Waals surface area contributed by atoms with Crippen molar-refractivity contribution in [3.05, 3.63) is 76.0 Å². The van der Waals surface area contributed by atoms with Crippen LogP contribution in [-0.2, 0) is 9.53 Å². The summed E-state index contributed by atoms with van der Waals surface area (Å²) in [7, 11) is 1.28. The van der Waals surface area contributed by atoms with Gasteiger partial charge in [-0.25, -0.2) is 4.79 Å². The second kappa shape index (κ2) is 8.77. The topological polar surface area (TPSA) is 134 Å². The van der Waals surface area contributed by atoms with Crippen LogP contribution in [0.3, 0.4) is 0 Å². The molecular formula is C18H14N4O5. The third kappa shape index (κ3) is 5.14. The Bertz CT molecular complexity index is 928. The number of carbonyl (C=O) groups is 2. The van der Waals surface area contributed by atoms with E-state index in [1.54, 1.807) is 18.2 Å². The summed E-state index contributed by atoms with van der Waals surface area (Å²) >= 11 is 0. The summed E-state index contributed by atoms with van der Waals surface area (Å²) in [4.78, 5) is 33.6. The molecule has 0 aliphatic rings. The zero-order valence-corrected chi connectivity index (χ0v) is 14.1. The van der Waals surface area contributed by atoms with Crippen LogP contribution in [0.1, 0.15) is 10.4 Å². The molecule has 0 saturated carbocycles. The molecule has 9 heteroatoms. The lowest BCUT2D eigenvalue weighted by Crippen LogP contribution is -2.14. The first kappa shape index (κ1) is 19.1. The Morgan fingerprint density at radius 1 is 1.11 bits per heavy atom. The van der Waals surface area contributed by atoms with Crippen LogP contribution in [-0.4, -0.2) is 23.9 Å². The predicted molar refractivity (Wildman–Crippen MR) is 96.8 cm³/mol. The van der Waals surface area contributed by atoms with E-state index < -0.39 is 16.8 Å². The molecule has 0 saturated heterocycles. The first-order valence-electron chi connectivity index (χ1n) is 7.55. The molecule has 9 nitrogen and oxygen atoms in total. The maximum absolute atomic E-state index is 12.1. The van der Waals surface area contributed by atoms with Crippen LogP contribution in [0.25, 0.3) is 0 Å². The van der Waals surface area contributed by atoms with Crippen molar-refractivity contribution >= 4 is 28.9 Å². The molecule has 2 N–H and O–H groups in total. The largest absolute Gasteiger partial charge is 0.465 e. The number of nitro benzene ring substituents is 1. The highest BCUT2D eigenvalue weighted by atomic mass is 16.6. The van der Waals surface area contributed by atoms with Crippen molar-refractivity contribution in [2.45, 2.75) is 0 Å². The lowest BCUT2D eigenvalue weighted by Gasteiger charge is -2.06. The van der Waals surface area contributed by atoms with E-state index in [1.807, 2.05) is 0 Å². The molecule has 0 aromatic heterocycles. The van der Waals surface area contributed by atoms with Gasteiger partial charge in [0.15, 0.2) is 0 Å². The number of non-ortho nitro benzene ring substituents is 1. The number of carbonyl (C=O) groups excluding carboxylic acids is 2. The van der Waals surface area contributed by atoms with Crippen LogP contribution < -0.4 is 10.6 Å². The van der Waals surface area contributed by atoms with Crippen LogP contribution >= 0.6 is 0 Å². The molecule has 27 heavy (non-hydrogen) atoms. The minimum atomic E-state index is -0.676. The number of nitriles is 1. The Labute approximate surface area is 154 Å². The zero-order valence-electron chi connectivity index (χ0n) is 14.1. The summed E-state index contributed by atoms with van der Waals surface area (Å²) in [6.07, 6.45) is 1.22. The molecule has 2 aromatic rings. The van der Waals surface area contributed by atoms with Gasteiger partial charge >= 0.3 is 5.97 Å². The first-order valence-corrected chi connectivity index (χ1v) is 7.55. The van der Waals surface area contributed by atoms with Gasteiger partial charge in [0.25, 0.3) is 11.6 Å². The number of nitrogens with one attached hydrogen (secondary N) is 2. The lowest BCUT2D eigenvalue weighted by molar-refractivity contribution is -0.384. The number of hydrogen-bond acceptors (Lipinski definition) is 7. The minimum Gasteiger partial charge on any atom is -0.465 e. The van der Waals surface area contributed by atoms with E-state index in [-0.39, 0.29) is 11.3 Å². The van der Waals surface area contributed by atoms with Gasteiger partial charge in [0.1, 0.15) is 11.6 Å². The Kier molecular flexibility index (Phi) is 6.22. The molecule has 0 unspecified atom stereocenters. The Balaban J connectivity index is 2.04. The number of amides is 1. The quantitative estimate of drug-likeness (QED) is 0.264. The molecule has 2 aromatic carbocycles. The molecule has 0 aliphatic heterocycles. The van der Waals surface area contributed by atoms with Gasteiger partial charge in [0.05, 0.1) is 17.6 Å². The van der Waals surface area contributed by atoms with Crippen molar-refractivity contribution < 1.29 is 19.2 Å². The zero-order chi connectivity index (χ0) is 19.8. The van der Waals surface area contributed by atoms with Gasteiger partial charge in [-0.15, -0.1) is 0 Å². The molecule has 136 valence electrons. The number of methoxy groups -OCH3 is 1. The highest BCUT2D eigenvalue weighted by Crippen LogP contribution is 2.16. The van der Waals surface area contributed by atoms with Gasteiger partial charge in [-0.2, -0.15) is 5.26 Å². The molecule has 0 bridgehead atoms. The standard InChI is InChI=1S/C18H14N4O5/c1-27-18(24)12-2-4-14(5-3-12)20-11-13(10-19)17(23)21-15-6-8-16(9-7-15)22(25)26/h2-9,11,20H,1H3,(H,21,23)/b13-11-. The molecular weight excluding hydrogens is 352 g/mol. The molecule has 2 rings (SSSR count). The summed E-state index contributed by atoms with van der Waals surface area (Å²) in [5.74, 6) is -1.15. The van der Waals surface area contributed by atoms with Crippen LogP contribution in [0.2, 0.25) is 0 Å². The summed E-state index contributed by atoms with van der Waals surface area (Å²) in [5.41, 5.74) is 0.919. The number of nitrogens with zero attached hydrogens (tertiary/aromatic N) is 2. The van der Waals surface area contributed by atoms with Crippen molar-refractivity contribution in [1.82, 2.24) is 0 Å². The van der Waals surface area contributed by atoms with Crippen molar-refractivity contribution in [2.75, 3.05) is 17.7 Å². The maximum atomic E-state index is 12.1. The molecule has 0 spiro atoms. The van der Waals surface area contributed by atoms with Gasteiger partial charge in [0.2, 0.25) is 0 Å². The smallest absolute Gasteiger partial charge is 0.337 e. The average molecular weight is 366 g/mol. The van der Waals surface area contributed by atoms with Crippen molar-refractivity contribution in [2.24, 2.45) is 0 Å². The van der Waals surface area contributed by atoms with E-state index in [0.717, 1.165) is 0 Å². The third-order valence-electron chi connectivity index (χ3n) is 3.39. The molecule has 0 heterocycles. The summed E-state index contributed by atoms with van der Waals surface area (Å²) < 4.78 is 4.60. The number of esters is 1. The predicted octanol–water partition coefficient (Wildman–Crippen LogP) is 2.84. The normalized spacial score (nSPS) is 10.4. The van der Waals surface area contributed by atoms with Crippen LogP contribution in [0.4, 0.5) is 17.1 Å². The van der Waals surface area contributed by atoms with Crippen molar-refractivity contribution in [3.8, 4) is 6.07 Å². The van der Waals surface area contributed by atoms with Gasteiger partial charge in [0, 0.05) is 29.7 Å². The molecule has 0 radical (unpaired) electrons. The van der Waals surface area contributed by atoms with E-state index >= 15 is 0 Å². The van der Waals surface area contributed by atoms with Crippen molar-refractivity contribution in [3.63, 3.8) is 0 Å². The number of hydrogen-bond donors (Lipinski definition) is 2. The SMILES string of the molecule is COC(=O)c1ccc(N/C=C(/C#N)C(=O)Nc2ccc([N+](=O)[O-])cc2)cc1. The fourth-order valence-electron chi connectivity index (χ4n) is 1.99. The molecule has 0 atom stereocenters. The lowest BCUT2D eigenvalue weighted by atomic mass is 10.2. The minimum absolute atomic E-state index is 0.110. The van der Waals surface area contributed by atoms with E-state index in [1.165, 1.54) is 49.7 Å². The number of anilines is 2. The first-order chi connectivity index (χ1) is 12.9. The monoisotopic (exact) mass is 366 g/mol. The van der Waals surface area contributed by atoms with Gasteiger partial charge in [-0.3, -0.25) is 14.9 Å². The Morgan fingerprint density at radius 3 is 2.22 bits per heavy atom. The highest BCUT2D eigenvalue weighted by Gasteiger charge is 2.11. The summed E-state index contributed by atoms with van der Waals surface area (Å²) in [6.45, 7) is 0. The maximum Gasteiger partial charge on any atom is 0.337 e. The van der Waals surface area contributed by atoms with E-state index in [4.69, 9.17) is 5.26 Å². The van der Waals surface area contributed by atoms with Gasteiger partial charge < -0.3 is 15.4 Å². The molecule has 1 amide bonds. The molecule has 0 fully saturated rings. The van der Waals surface area contributed by atoms with Crippen LogP contribution in [0, 0.1) is 21.4 Å². The Morgan fingerprint density at radius 2 is 1.70 bits per heavy atom. The number of benzene rings is 2. The van der Waals surface area contributed by atoms with Gasteiger partial charge in [-0.05, 0) is 36.4 Å². The average Bonchev–Trinajstić information content (AvgIpc) is 2.68.